The van der Waals surface area contributed by atoms with Gasteiger partial charge in [-0.1, -0.05) is 30.3 Å². The van der Waals surface area contributed by atoms with Gasteiger partial charge >= 0.3 is 0 Å². The Bertz CT molecular complexity index is 309. The highest BCUT2D eigenvalue weighted by molar-refractivity contribution is 5.57. The molecule has 0 aromatic heterocycles. The Morgan fingerprint density at radius 3 is 2.79 bits per heavy atom. The van der Waals surface area contributed by atoms with E-state index in [0.717, 1.165) is 19.3 Å². The highest BCUT2D eigenvalue weighted by Crippen LogP contribution is 2.03. The predicted molar refractivity (Wildman–Crippen MR) is 58.4 cm³/mol. The van der Waals surface area contributed by atoms with Crippen molar-refractivity contribution in [2.45, 2.75) is 19.3 Å². The van der Waals surface area contributed by atoms with Crippen LogP contribution in [0.25, 0.3) is 0 Å². The maximum atomic E-state index is 8.24. The van der Waals surface area contributed by atoms with Crippen molar-refractivity contribution in [3.8, 4) is 6.07 Å². The van der Waals surface area contributed by atoms with E-state index in [1.54, 1.807) is 0 Å². The van der Waals surface area contributed by atoms with Crippen molar-refractivity contribution in [3.05, 3.63) is 35.9 Å². The lowest BCUT2D eigenvalue weighted by Crippen LogP contribution is -1.86. The van der Waals surface area contributed by atoms with Crippen LogP contribution in [-0.4, -0.2) is 12.8 Å². The van der Waals surface area contributed by atoms with Crippen molar-refractivity contribution in [1.29, 1.82) is 5.26 Å². The molecule has 0 saturated carbocycles. The quantitative estimate of drug-likeness (QED) is 0.395. The lowest BCUT2D eigenvalue weighted by molar-refractivity contribution is 0.872. The Morgan fingerprint density at radius 2 is 2.07 bits per heavy atom. The van der Waals surface area contributed by atoms with E-state index >= 15 is 0 Å². The molecule has 0 bridgehead atoms. The first kappa shape index (κ1) is 10.5. The van der Waals surface area contributed by atoms with Crippen LogP contribution >= 0.6 is 0 Å². The summed E-state index contributed by atoms with van der Waals surface area (Å²) in [7, 11) is 0. The van der Waals surface area contributed by atoms with Crippen LogP contribution in [0.3, 0.4) is 0 Å². The minimum absolute atomic E-state index is 0.283. The average molecular weight is 186 g/mol. The van der Waals surface area contributed by atoms with Gasteiger partial charge in [0.15, 0.2) is 0 Å². The van der Waals surface area contributed by atoms with Crippen molar-refractivity contribution >= 4 is 6.21 Å². The van der Waals surface area contributed by atoms with Gasteiger partial charge in [-0.3, -0.25) is 4.99 Å². The van der Waals surface area contributed by atoms with Gasteiger partial charge in [0.05, 0.1) is 6.07 Å². The Labute approximate surface area is 84.9 Å². The van der Waals surface area contributed by atoms with Gasteiger partial charge in [0, 0.05) is 0 Å². The fourth-order valence-electron chi connectivity index (χ4n) is 1.24. The molecule has 1 aromatic carbocycles. The second-order valence-electron chi connectivity index (χ2n) is 3.06. The third-order valence-corrected chi connectivity index (χ3v) is 1.93. The van der Waals surface area contributed by atoms with Crippen molar-refractivity contribution < 1.29 is 0 Å². The van der Waals surface area contributed by atoms with Crippen LogP contribution in [0.1, 0.15) is 18.4 Å². The van der Waals surface area contributed by atoms with E-state index in [-0.39, 0.29) is 6.54 Å². The highest BCUT2D eigenvalue weighted by Gasteiger charge is 1.89. The van der Waals surface area contributed by atoms with Crippen LogP contribution < -0.4 is 0 Å². The number of aliphatic imine (C=N–C) groups is 1. The van der Waals surface area contributed by atoms with Gasteiger partial charge in [-0.15, -0.1) is 0 Å². The minimum Gasteiger partial charge on any atom is -0.282 e. The van der Waals surface area contributed by atoms with Gasteiger partial charge in [-0.25, -0.2) is 0 Å². The molecule has 0 atom stereocenters. The molecule has 0 aliphatic rings. The van der Waals surface area contributed by atoms with E-state index < -0.39 is 0 Å². The summed E-state index contributed by atoms with van der Waals surface area (Å²) in [5.74, 6) is 0. The number of aryl methyl sites for hydroxylation is 1. The van der Waals surface area contributed by atoms with Crippen molar-refractivity contribution in [2.24, 2.45) is 4.99 Å². The summed E-state index contributed by atoms with van der Waals surface area (Å²) in [6.07, 6.45) is 4.97. The predicted octanol–water partition coefficient (Wildman–Crippen LogP) is 2.60. The first-order valence-electron chi connectivity index (χ1n) is 4.82. The van der Waals surface area contributed by atoms with Crippen LogP contribution in [-0.2, 0) is 6.42 Å². The van der Waals surface area contributed by atoms with Crippen LogP contribution in [0.4, 0.5) is 0 Å². The fourth-order valence-corrected chi connectivity index (χ4v) is 1.24. The van der Waals surface area contributed by atoms with Crippen LogP contribution in [0.15, 0.2) is 35.3 Å². The van der Waals surface area contributed by atoms with Gasteiger partial charge in [0.2, 0.25) is 0 Å². The molecule has 0 aliphatic heterocycles. The molecule has 72 valence electrons. The van der Waals surface area contributed by atoms with Crippen LogP contribution in [0, 0.1) is 11.3 Å². The second-order valence-corrected chi connectivity index (χ2v) is 3.06. The van der Waals surface area contributed by atoms with Crippen molar-refractivity contribution in [1.82, 2.24) is 0 Å². The minimum atomic E-state index is 0.283. The molecule has 2 heteroatoms. The van der Waals surface area contributed by atoms with Crippen molar-refractivity contribution in [2.75, 3.05) is 6.54 Å². The van der Waals surface area contributed by atoms with Gasteiger partial charge in [-0.2, -0.15) is 5.26 Å². The summed E-state index contributed by atoms with van der Waals surface area (Å²) in [6.45, 7) is 0.283. The monoisotopic (exact) mass is 186 g/mol. The van der Waals surface area contributed by atoms with E-state index in [9.17, 15) is 0 Å². The third kappa shape index (κ3) is 4.42. The summed E-state index contributed by atoms with van der Waals surface area (Å²) in [5, 5.41) is 8.24. The molecule has 0 radical (unpaired) electrons. The number of unbranched alkanes of at least 4 members (excludes halogenated alkanes) is 1. The topological polar surface area (TPSA) is 36.1 Å². The van der Waals surface area contributed by atoms with Gasteiger partial charge in [0.25, 0.3) is 0 Å². The molecule has 0 heterocycles. The Balaban J connectivity index is 2.14. The van der Waals surface area contributed by atoms with Crippen LogP contribution in [0.5, 0.6) is 0 Å². The number of benzene rings is 1. The lowest BCUT2D eigenvalue weighted by Gasteiger charge is -1.97. The average Bonchev–Trinajstić information content (AvgIpc) is 2.25. The summed E-state index contributed by atoms with van der Waals surface area (Å²) < 4.78 is 0. The highest BCUT2D eigenvalue weighted by atomic mass is 14.7. The number of hydrogen-bond acceptors (Lipinski definition) is 2. The van der Waals surface area contributed by atoms with E-state index in [1.165, 1.54) is 5.56 Å². The van der Waals surface area contributed by atoms with Crippen molar-refractivity contribution in [3.63, 3.8) is 0 Å². The van der Waals surface area contributed by atoms with Crippen LogP contribution in [0.2, 0.25) is 0 Å². The smallest absolute Gasteiger partial charge is 0.125 e. The molecule has 0 N–H and O–H groups in total. The maximum Gasteiger partial charge on any atom is 0.125 e. The Morgan fingerprint density at radius 1 is 1.29 bits per heavy atom. The Kier molecular flexibility index (Phi) is 5.12. The molecule has 1 aromatic rings. The first-order valence-corrected chi connectivity index (χ1v) is 4.82. The second kappa shape index (κ2) is 6.85. The standard InChI is InChI=1S/C12H14N2/c13-9-11-14-10-5-4-8-12-6-2-1-3-7-12/h1-3,6-7,10H,4-5,8,11H2. The van der Waals surface area contributed by atoms with E-state index in [4.69, 9.17) is 5.26 Å². The molecular weight excluding hydrogens is 172 g/mol. The largest absolute Gasteiger partial charge is 0.282 e. The van der Waals surface area contributed by atoms with E-state index in [1.807, 2.05) is 18.4 Å². The molecule has 0 aliphatic carbocycles. The molecule has 14 heavy (non-hydrogen) atoms. The third-order valence-electron chi connectivity index (χ3n) is 1.93. The zero-order valence-electron chi connectivity index (χ0n) is 8.19. The SMILES string of the molecule is N#CCN=CCCCc1ccccc1. The molecule has 0 unspecified atom stereocenters. The number of nitriles is 1. The van der Waals surface area contributed by atoms with Gasteiger partial charge in [-0.05, 0) is 31.0 Å². The molecular formula is C12H14N2. The van der Waals surface area contributed by atoms with E-state index in [0.29, 0.717) is 0 Å². The molecule has 1 rings (SSSR count). The number of nitrogens with zero attached hydrogens (tertiary/aromatic N) is 2. The first-order chi connectivity index (χ1) is 6.93. The maximum absolute atomic E-state index is 8.24. The number of rotatable bonds is 5. The Hall–Kier alpha value is -1.62. The summed E-state index contributed by atoms with van der Waals surface area (Å²) in [6, 6.07) is 12.4. The van der Waals surface area contributed by atoms with E-state index in [2.05, 4.69) is 29.3 Å². The summed E-state index contributed by atoms with van der Waals surface area (Å²) in [4.78, 5) is 3.93. The molecule has 0 spiro atoms. The number of hydrogen-bond donors (Lipinski definition) is 0. The summed E-state index contributed by atoms with van der Waals surface area (Å²) in [5.41, 5.74) is 1.36. The molecule has 0 fully saturated rings. The normalized spacial score (nSPS) is 10.2. The molecule has 0 saturated heterocycles. The van der Waals surface area contributed by atoms with Gasteiger partial charge < -0.3 is 0 Å². The summed E-state index contributed by atoms with van der Waals surface area (Å²) >= 11 is 0. The molecule has 2 nitrogen and oxygen atoms in total. The zero-order valence-corrected chi connectivity index (χ0v) is 8.19. The fraction of sp³-hybridized carbons (Fsp3) is 0.333. The van der Waals surface area contributed by atoms with Gasteiger partial charge in [0.1, 0.15) is 6.54 Å². The lowest BCUT2D eigenvalue weighted by atomic mass is 10.1. The molecule has 0 amide bonds. The zero-order chi connectivity index (χ0) is 10.1.